The van der Waals surface area contributed by atoms with Crippen molar-refractivity contribution >= 4 is 11.4 Å². The van der Waals surface area contributed by atoms with Crippen LogP contribution in [0.2, 0.25) is 0 Å². The molecular weight excluding hydrogens is 236 g/mol. The van der Waals surface area contributed by atoms with Crippen LogP contribution >= 0.6 is 0 Å². The van der Waals surface area contributed by atoms with Crippen molar-refractivity contribution < 1.29 is 5.11 Å². The molecule has 0 saturated carbocycles. The first-order valence-corrected chi connectivity index (χ1v) is 7.48. The molecule has 1 aliphatic rings. The maximum absolute atomic E-state index is 10.2. The molecule has 106 valence electrons. The number of rotatable bonds is 6. The molecule has 0 aliphatic carbocycles. The Morgan fingerprint density at radius 3 is 2.21 bits per heavy atom. The zero-order valence-corrected chi connectivity index (χ0v) is 12.2. The monoisotopic (exact) mass is 262 g/mol. The molecule has 1 aromatic rings. The highest BCUT2D eigenvalue weighted by Gasteiger charge is 2.21. The van der Waals surface area contributed by atoms with Crippen molar-refractivity contribution in [1.29, 1.82) is 0 Å². The van der Waals surface area contributed by atoms with Gasteiger partial charge < -0.3 is 15.3 Å². The maximum atomic E-state index is 10.2. The predicted molar refractivity (Wildman–Crippen MR) is 81.9 cm³/mol. The Kier molecular flexibility index (Phi) is 4.70. The first-order valence-electron chi connectivity index (χ1n) is 7.48. The molecule has 0 spiro atoms. The third-order valence-electron chi connectivity index (χ3n) is 4.28. The summed E-state index contributed by atoms with van der Waals surface area (Å²) in [5, 5.41) is 13.6. The molecular formula is C16H26N2O. The Morgan fingerprint density at radius 2 is 1.68 bits per heavy atom. The van der Waals surface area contributed by atoms with Crippen LogP contribution in [0.5, 0.6) is 0 Å². The number of anilines is 2. The van der Waals surface area contributed by atoms with Crippen molar-refractivity contribution in [3.63, 3.8) is 0 Å². The lowest BCUT2D eigenvalue weighted by molar-refractivity contribution is 0.0457. The lowest BCUT2D eigenvalue weighted by atomic mass is 9.97. The van der Waals surface area contributed by atoms with E-state index in [4.69, 9.17) is 0 Å². The van der Waals surface area contributed by atoms with Crippen molar-refractivity contribution in [2.75, 3.05) is 29.9 Å². The van der Waals surface area contributed by atoms with E-state index in [9.17, 15) is 5.11 Å². The molecule has 1 aromatic carbocycles. The largest absolute Gasteiger partial charge is 0.388 e. The average molecular weight is 262 g/mol. The molecule has 3 heteroatoms. The first kappa shape index (κ1) is 14.2. The minimum absolute atomic E-state index is 0.590. The number of aliphatic hydroxyl groups is 1. The molecule has 0 bridgehead atoms. The minimum Gasteiger partial charge on any atom is -0.388 e. The summed E-state index contributed by atoms with van der Waals surface area (Å²) >= 11 is 0. The van der Waals surface area contributed by atoms with E-state index in [0.29, 0.717) is 6.54 Å². The molecule has 0 radical (unpaired) electrons. The predicted octanol–water partition coefficient (Wildman–Crippen LogP) is 3.25. The third-order valence-corrected chi connectivity index (χ3v) is 4.28. The normalized spacial score (nSPS) is 15.8. The second-order valence-corrected chi connectivity index (χ2v) is 5.53. The molecule has 0 aromatic heterocycles. The number of nitrogens with zero attached hydrogens (tertiary/aromatic N) is 1. The van der Waals surface area contributed by atoms with Gasteiger partial charge in [-0.2, -0.15) is 0 Å². The van der Waals surface area contributed by atoms with E-state index in [0.717, 1.165) is 18.5 Å². The molecule has 1 fully saturated rings. The SMILES string of the molecule is CCC(O)(CC)CNc1ccc(N2CCCC2)cc1. The lowest BCUT2D eigenvalue weighted by Gasteiger charge is -2.26. The van der Waals surface area contributed by atoms with E-state index >= 15 is 0 Å². The number of hydrogen-bond donors (Lipinski definition) is 2. The molecule has 0 unspecified atom stereocenters. The smallest absolute Gasteiger partial charge is 0.0814 e. The Balaban J connectivity index is 1.91. The Morgan fingerprint density at radius 1 is 1.11 bits per heavy atom. The molecule has 2 rings (SSSR count). The fraction of sp³-hybridized carbons (Fsp3) is 0.625. The summed E-state index contributed by atoms with van der Waals surface area (Å²) in [4.78, 5) is 2.43. The van der Waals surface area contributed by atoms with Gasteiger partial charge in [0.15, 0.2) is 0 Å². The summed E-state index contributed by atoms with van der Waals surface area (Å²) in [5.74, 6) is 0. The molecule has 1 aliphatic heterocycles. The van der Waals surface area contributed by atoms with Gasteiger partial charge in [0.25, 0.3) is 0 Å². The van der Waals surface area contributed by atoms with Crippen molar-refractivity contribution in [3.8, 4) is 0 Å². The van der Waals surface area contributed by atoms with Gasteiger partial charge in [0, 0.05) is 31.0 Å². The topological polar surface area (TPSA) is 35.5 Å². The van der Waals surface area contributed by atoms with Gasteiger partial charge in [0.2, 0.25) is 0 Å². The summed E-state index contributed by atoms with van der Waals surface area (Å²) in [6.07, 6.45) is 4.17. The quantitative estimate of drug-likeness (QED) is 0.826. The standard InChI is InChI=1S/C16H26N2O/c1-3-16(19,4-2)13-17-14-7-9-15(10-8-14)18-11-5-6-12-18/h7-10,17,19H,3-6,11-13H2,1-2H3. The average Bonchev–Trinajstić information content (AvgIpc) is 2.99. The highest BCUT2D eigenvalue weighted by molar-refractivity contribution is 5.55. The van der Waals surface area contributed by atoms with Crippen molar-refractivity contribution in [3.05, 3.63) is 24.3 Å². The van der Waals surface area contributed by atoms with Crippen LogP contribution in [-0.2, 0) is 0 Å². The maximum Gasteiger partial charge on any atom is 0.0814 e. The number of benzene rings is 1. The highest BCUT2D eigenvalue weighted by atomic mass is 16.3. The number of hydrogen-bond acceptors (Lipinski definition) is 3. The zero-order chi connectivity index (χ0) is 13.7. The van der Waals surface area contributed by atoms with E-state index in [2.05, 4.69) is 34.5 Å². The summed E-state index contributed by atoms with van der Waals surface area (Å²) in [5.41, 5.74) is 1.81. The van der Waals surface area contributed by atoms with Crippen LogP contribution in [-0.4, -0.2) is 30.3 Å². The molecule has 1 heterocycles. The Bertz CT molecular complexity index is 378. The van der Waals surface area contributed by atoms with Crippen LogP contribution in [0.15, 0.2) is 24.3 Å². The fourth-order valence-corrected chi connectivity index (χ4v) is 2.53. The second-order valence-electron chi connectivity index (χ2n) is 5.53. The number of nitrogens with one attached hydrogen (secondary N) is 1. The van der Waals surface area contributed by atoms with Crippen molar-refractivity contribution in [2.24, 2.45) is 0 Å². The fourth-order valence-electron chi connectivity index (χ4n) is 2.53. The summed E-state index contributed by atoms with van der Waals surface area (Å²) in [6, 6.07) is 8.56. The molecule has 1 saturated heterocycles. The molecule has 0 amide bonds. The highest BCUT2D eigenvalue weighted by Crippen LogP contribution is 2.23. The van der Waals surface area contributed by atoms with Crippen molar-refractivity contribution in [1.82, 2.24) is 0 Å². The van der Waals surface area contributed by atoms with E-state index in [1.165, 1.54) is 31.6 Å². The Hall–Kier alpha value is -1.22. The van der Waals surface area contributed by atoms with E-state index < -0.39 is 5.60 Å². The van der Waals surface area contributed by atoms with Gasteiger partial charge in [-0.1, -0.05) is 13.8 Å². The molecule has 0 atom stereocenters. The lowest BCUT2D eigenvalue weighted by Crippen LogP contribution is -2.35. The van der Waals surface area contributed by atoms with Gasteiger partial charge in [-0.25, -0.2) is 0 Å². The van der Waals surface area contributed by atoms with Crippen LogP contribution in [0.3, 0.4) is 0 Å². The van der Waals surface area contributed by atoms with Crippen LogP contribution < -0.4 is 10.2 Å². The summed E-state index contributed by atoms with van der Waals surface area (Å²) in [6.45, 7) is 7.03. The van der Waals surface area contributed by atoms with Crippen molar-refractivity contribution in [2.45, 2.75) is 45.1 Å². The van der Waals surface area contributed by atoms with Gasteiger partial charge in [0.1, 0.15) is 0 Å². The Labute approximate surface area is 116 Å². The first-order chi connectivity index (χ1) is 9.17. The van der Waals surface area contributed by atoms with Crippen LogP contribution in [0.25, 0.3) is 0 Å². The minimum atomic E-state index is -0.590. The summed E-state index contributed by atoms with van der Waals surface area (Å²) in [7, 11) is 0. The van der Waals surface area contributed by atoms with E-state index in [1.54, 1.807) is 0 Å². The molecule has 19 heavy (non-hydrogen) atoms. The van der Waals surface area contributed by atoms with Gasteiger partial charge in [-0.15, -0.1) is 0 Å². The van der Waals surface area contributed by atoms with Gasteiger partial charge in [-0.3, -0.25) is 0 Å². The van der Waals surface area contributed by atoms with Gasteiger partial charge >= 0.3 is 0 Å². The molecule has 3 nitrogen and oxygen atoms in total. The molecule has 2 N–H and O–H groups in total. The van der Waals surface area contributed by atoms with Gasteiger partial charge in [-0.05, 0) is 49.9 Å². The van der Waals surface area contributed by atoms with E-state index in [1.807, 2.05) is 13.8 Å². The van der Waals surface area contributed by atoms with Gasteiger partial charge in [0.05, 0.1) is 5.60 Å². The third kappa shape index (κ3) is 3.63. The van der Waals surface area contributed by atoms with Crippen LogP contribution in [0, 0.1) is 0 Å². The van der Waals surface area contributed by atoms with E-state index in [-0.39, 0.29) is 0 Å². The van der Waals surface area contributed by atoms with Crippen LogP contribution in [0.1, 0.15) is 39.5 Å². The van der Waals surface area contributed by atoms with Crippen LogP contribution in [0.4, 0.5) is 11.4 Å². The summed E-state index contributed by atoms with van der Waals surface area (Å²) < 4.78 is 0. The second kappa shape index (κ2) is 6.29. The zero-order valence-electron chi connectivity index (χ0n) is 12.2.